The van der Waals surface area contributed by atoms with Crippen molar-refractivity contribution in [1.82, 2.24) is 9.13 Å². The molecule has 4 heteroatoms. The number of rotatable bonds is 7. The molecule has 0 amide bonds. The van der Waals surface area contributed by atoms with Gasteiger partial charge in [-0.25, -0.2) is 0 Å². The van der Waals surface area contributed by atoms with Gasteiger partial charge in [-0.15, -0.1) is 0 Å². The van der Waals surface area contributed by atoms with Gasteiger partial charge in [-0.05, 0) is 60.4 Å². The maximum atomic E-state index is 6.36. The molecule has 3 nitrogen and oxygen atoms in total. The molecule has 2 aromatic rings. The third-order valence-electron chi connectivity index (χ3n) is 7.38. The van der Waals surface area contributed by atoms with Crippen molar-refractivity contribution in [2.75, 3.05) is 19.7 Å². The first-order valence-corrected chi connectivity index (χ1v) is 13.9. The summed E-state index contributed by atoms with van der Waals surface area (Å²) in [6.45, 7) is 22.2. The fourth-order valence-corrected chi connectivity index (χ4v) is 12.9. The molecule has 0 saturated carbocycles. The Morgan fingerprint density at radius 2 is 1.69 bits per heavy atom. The number of nitrogens with zero attached hydrogens (tertiary/aromatic N) is 2. The predicted octanol–water partition coefficient (Wildman–Crippen LogP) is 6.84. The zero-order valence-electron chi connectivity index (χ0n) is 19.9. The molecule has 2 atom stereocenters. The quantitative estimate of drug-likeness (QED) is 0.462. The summed E-state index contributed by atoms with van der Waals surface area (Å²) in [6.07, 6.45) is 3.77. The summed E-state index contributed by atoms with van der Waals surface area (Å²) in [7, 11) is -1.76. The van der Waals surface area contributed by atoms with Crippen molar-refractivity contribution in [2.45, 2.75) is 90.6 Å². The number of morpholine rings is 1. The molecule has 0 bridgehead atoms. The topological polar surface area (TPSA) is 17.4 Å². The van der Waals surface area contributed by atoms with Crippen LogP contribution in [0.25, 0.3) is 10.9 Å². The summed E-state index contributed by atoms with van der Waals surface area (Å²) >= 11 is 0. The van der Waals surface area contributed by atoms with E-state index in [-0.39, 0.29) is 6.10 Å². The van der Waals surface area contributed by atoms with Gasteiger partial charge in [0.25, 0.3) is 0 Å². The van der Waals surface area contributed by atoms with Gasteiger partial charge in [0.1, 0.15) is 0 Å². The van der Waals surface area contributed by atoms with E-state index in [0.29, 0.717) is 22.7 Å². The Morgan fingerprint density at radius 3 is 2.28 bits per heavy atom. The lowest BCUT2D eigenvalue weighted by Gasteiger charge is -2.44. The van der Waals surface area contributed by atoms with E-state index in [1.54, 1.807) is 0 Å². The Kier molecular flexibility index (Phi) is 6.97. The van der Waals surface area contributed by atoms with Crippen molar-refractivity contribution >= 4 is 19.1 Å². The van der Waals surface area contributed by atoms with Gasteiger partial charge in [-0.3, -0.25) is 4.90 Å². The smallest absolute Gasteiger partial charge is 0.169 e. The van der Waals surface area contributed by atoms with Crippen LogP contribution in [0.4, 0.5) is 0 Å². The van der Waals surface area contributed by atoms with Crippen LogP contribution in [-0.4, -0.2) is 43.1 Å². The number of hydrogen-bond acceptors (Lipinski definition) is 2. The van der Waals surface area contributed by atoms with Gasteiger partial charge in [0.15, 0.2) is 8.24 Å². The third kappa shape index (κ3) is 3.84. The molecule has 1 saturated heterocycles. The second-order valence-electron chi connectivity index (χ2n) is 9.98. The number of fused-ring (bicyclic) bond motifs is 1. The summed E-state index contributed by atoms with van der Waals surface area (Å²) in [4.78, 5) is 2.60. The van der Waals surface area contributed by atoms with Gasteiger partial charge in [0.2, 0.25) is 0 Å². The lowest BCUT2D eigenvalue weighted by atomic mass is 10.0. The highest BCUT2D eigenvalue weighted by atomic mass is 28.3. The summed E-state index contributed by atoms with van der Waals surface area (Å²) in [5.41, 5.74) is 4.85. The zero-order valence-corrected chi connectivity index (χ0v) is 20.9. The molecule has 0 aliphatic carbocycles. The van der Waals surface area contributed by atoms with Crippen molar-refractivity contribution in [3.8, 4) is 0 Å². The van der Waals surface area contributed by atoms with Gasteiger partial charge in [0.05, 0.1) is 12.7 Å². The molecule has 2 heterocycles. The molecule has 1 fully saturated rings. The van der Waals surface area contributed by atoms with Gasteiger partial charge >= 0.3 is 0 Å². The molecule has 1 unspecified atom stereocenters. The average molecular weight is 415 g/mol. The Morgan fingerprint density at radius 1 is 1.03 bits per heavy atom. The van der Waals surface area contributed by atoms with Gasteiger partial charge < -0.3 is 8.97 Å². The van der Waals surface area contributed by atoms with Gasteiger partial charge in [-0.2, -0.15) is 0 Å². The lowest BCUT2D eigenvalue weighted by Crippen LogP contribution is -2.51. The van der Waals surface area contributed by atoms with E-state index in [0.717, 1.165) is 19.7 Å². The molecular formula is C25H42N2OSi. The van der Waals surface area contributed by atoms with Crippen LogP contribution in [0.2, 0.25) is 16.6 Å². The minimum Gasteiger partial charge on any atom is -0.373 e. The second kappa shape index (κ2) is 8.95. The molecule has 0 N–H and O–H groups in total. The zero-order chi connectivity index (χ0) is 21.3. The maximum absolute atomic E-state index is 6.36. The molecule has 162 valence electrons. The van der Waals surface area contributed by atoms with E-state index in [9.17, 15) is 0 Å². The monoisotopic (exact) mass is 414 g/mol. The first-order chi connectivity index (χ1) is 13.7. The third-order valence-corrected chi connectivity index (χ3v) is 14.2. The molecule has 1 aliphatic rings. The van der Waals surface area contributed by atoms with Gasteiger partial charge in [-0.1, -0.05) is 60.6 Å². The van der Waals surface area contributed by atoms with Crippen molar-refractivity contribution in [3.05, 3.63) is 36.0 Å². The largest absolute Gasteiger partial charge is 0.373 e. The summed E-state index contributed by atoms with van der Waals surface area (Å²) < 4.78 is 9.08. The van der Waals surface area contributed by atoms with E-state index < -0.39 is 8.24 Å². The Bertz CT molecular complexity index is 788. The predicted molar refractivity (Wildman–Crippen MR) is 128 cm³/mol. The maximum Gasteiger partial charge on any atom is 0.169 e. The summed E-state index contributed by atoms with van der Waals surface area (Å²) in [6, 6.07) is 9.76. The first kappa shape index (κ1) is 22.6. The second-order valence-corrected chi connectivity index (χ2v) is 15.7. The minimum atomic E-state index is -1.76. The van der Waals surface area contributed by atoms with Crippen molar-refractivity contribution in [1.29, 1.82) is 0 Å². The van der Waals surface area contributed by atoms with Crippen LogP contribution in [0.3, 0.4) is 0 Å². The van der Waals surface area contributed by atoms with Crippen LogP contribution in [0, 0.1) is 0 Å². The van der Waals surface area contributed by atoms with E-state index in [1.165, 1.54) is 22.9 Å². The van der Waals surface area contributed by atoms with Gasteiger partial charge in [0, 0.05) is 23.5 Å². The van der Waals surface area contributed by atoms with Crippen molar-refractivity contribution in [3.63, 3.8) is 0 Å². The number of aromatic nitrogens is 1. The summed E-state index contributed by atoms with van der Waals surface area (Å²) in [5.74, 6) is 0. The highest BCUT2D eigenvalue weighted by Crippen LogP contribution is 2.45. The molecular weight excluding hydrogens is 372 g/mol. The Hall–Kier alpha value is -1.10. The van der Waals surface area contributed by atoms with Crippen LogP contribution in [0.5, 0.6) is 0 Å². The first-order valence-electron chi connectivity index (χ1n) is 11.7. The SMILES string of the molecule is CCCN1CC(c2cccc3c2ccn3[Si](C(C)C)(C(C)C)C(C)C)OC[C@@H]1C. The van der Waals surface area contributed by atoms with E-state index in [2.05, 4.69) is 95.0 Å². The Balaban J connectivity index is 2.08. The number of hydrogen-bond donors (Lipinski definition) is 0. The minimum absolute atomic E-state index is 0.172. The highest BCUT2D eigenvalue weighted by molar-refractivity contribution is 6.82. The standard InChI is InChI=1S/C25H42N2OSi/c1-9-14-26-16-25(28-17-21(26)8)23-11-10-12-24-22(23)13-15-27(24)29(18(2)3,19(4)5)20(6)7/h10-13,15,18-21,25H,9,14,16-17H2,1-8H3/t21-,25?/m0/s1. The van der Waals surface area contributed by atoms with Crippen LogP contribution < -0.4 is 0 Å². The van der Waals surface area contributed by atoms with Crippen molar-refractivity contribution in [2.24, 2.45) is 0 Å². The normalized spacial score (nSPS) is 21.8. The molecule has 0 spiro atoms. The average Bonchev–Trinajstić information content (AvgIpc) is 3.08. The molecule has 29 heavy (non-hydrogen) atoms. The highest BCUT2D eigenvalue weighted by Gasteiger charge is 2.45. The van der Waals surface area contributed by atoms with E-state index >= 15 is 0 Å². The molecule has 1 aromatic carbocycles. The molecule has 1 aromatic heterocycles. The van der Waals surface area contributed by atoms with Crippen LogP contribution in [0.1, 0.15) is 73.5 Å². The Labute approximate surface area is 179 Å². The molecule has 0 radical (unpaired) electrons. The van der Waals surface area contributed by atoms with Crippen LogP contribution in [-0.2, 0) is 4.74 Å². The number of ether oxygens (including phenoxy) is 1. The van der Waals surface area contributed by atoms with Crippen LogP contribution >= 0.6 is 0 Å². The number of benzene rings is 1. The van der Waals surface area contributed by atoms with Crippen LogP contribution in [0.15, 0.2) is 30.5 Å². The van der Waals surface area contributed by atoms with E-state index in [1.807, 2.05) is 0 Å². The van der Waals surface area contributed by atoms with Crippen molar-refractivity contribution < 1.29 is 4.74 Å². The van der Waals surface area contributed by atoms with E-state index in [4.69, 9.17) is 4.74 Å². The lowest BCUT2D eigenvalue weighted by molar-refractivity contribution is -0.0591. The fourth-order valence-electron chi connectivity index (χ4n) is 6.24. The molecule has 3 rings (SSSR count). The molecule has 1 aliphatic heterocycles. The fraction of sp³-hybridized carbons (Fsp3) is 0.680. The summed E-state index contributed by atoms with van der Waals surface area (Å²) in [5, 5.41) is 1.39.